The Morgan fingerprint density at radius 3 is 2.28 bits per heavy atom. The largest absolute Gasteiger partial charge is 0.457 e. The topological polar surface area (TPSA) is 84.1 Å². The molecule has 46 heavy (non-hydrogen) atoms. The Hall–Kier alpha value is -5.62. The molecule has 0 bridgehead atoms. The highest BCUT2D eigenvalue weighted by Gasteiger charge is 2.36. The van der Waals surface area contributed by atoms with Crippen molar-refractivity contribution in [2.75, 3.05) is 0 Å². The summed E-state index contributed by atoms with van der Waals surface area (Å²) >= 11 is 0. The predicted molar refractivity (Wildman–Crippen MR) is 170 cm³/mol. The number of hydrogen-bond donors (Lipinski definition) is 1. The third-order valence-electron chi connectivity index (χ3n) is 7.67. The number of aryl methyl sites for hydroxylation is 2. The number of aromatic nitrogens is 1. The molecule has 4 aromatic carbocycles. The molecule has 0 spiro atoms. The number of benzene rings is 4. The van der Waals surface area contributed by atoms with Gasteiger partial charge in [-0.15, -0.1) is 0 Å². The van der Waals surface area contributed by atoms with Crippen molar-refractivity contribution >= 4 is 5.91 Å². The van der Waals surface area contributed by atoms with Gasteiger partial charge in [-0.05, 0) is 91.6 Å². The molecule has 1 aromatic heterocycles. The van der Waals surface area contributed by atoms with Crippen molar-refractivity contribution in [1.82, 2.24) is 9.88 Å². The van der Waals surface area contributed by atoms with Gasteiger partial charge in [0.15, 0.2) is 0 Å². The van der Waals surface area contributed by atoms with Crippen LogP contribution in [-0.4, -0.2) is 10.5 Å². The first-order chi connectivity index (χ1) is 21.9. The van der Waals surface area contributed by atoms with Gasteiger partial charge in [-0.3, -0.25) is 9.59 Å². The second-order valence-electron chi connectivity index (χ2n) is 11.0. The van der Waals surface area contributed by atoms with Crippen LogP contribution in [0.2, 0.25) is 0 Å². The maximum Gasteiger partial charge on any atom is 0.417 e. The van der Waals surface area contributed by atoms with Gasteiger partial charge in [0.05, 0.1) is 23.8 Å². The molecule has 0 fully saturated rings. The average molecular weight is 622 g/mol. The van der Waals surface area contributed by atoms with Crippen molar-refractivity contribution in [2.45, 2.75) is 39.5 Å². The number of amides is 1. The van der Waals surface area contributed by atoms with E-state index in [-0.39, 0.29) is 24.2 Å². The first-order valence-corrected chi connectivity index (χ1v) is 14.5. The standard InChI is InChI=1S/C37H30F3N3O3/c1-23-12-13-29(24(2)18-23)22-43-34(20-33(37(38,39)40)32(21-41)36(43)45)27-14-16-30(17-15-27)46-31-11-7-10-28(19-31)35(44)42-25(3)26-8-5-4-6-9-26/h4-20,25H,22H2,1-3H3,(H,42,44)/t25-/m1/s1. The average Bonchev–Trinajstić information content (AvgIpc) is 3.03. The molecule has 0 aliphatic rings. The first-order valence-electron chi connectivity index (χ1n) is 14.5. The highest BCUT2D eigenvalue weighted by molar-refractivity contribution is 5.94. The van der Waals surface area contributed by atoms with E-state index in [0.29, 0.717) is 22.6 Å². The summed E-state index contributed by atoms with van der Waals surface area (Å²) in [6.07, 6.45) is -4.91. The molecule has 9 heteroatoms. The molecular weight excluding hydrogens is 591 g/mol. The van der Waals surface area contributed by atoms with E-state index in [0.717, 1.165) is 28.3 Å². The monoisotopic (exact) mass is 621 g/mol. The molecule has 1 atom stereocenters. The SMILES string of the molecule is Cc1ccc(Cn2c(-c3ccc(Oc4cccc(C(=O)N[C@H](C)c5ccccc5)c4)cc3)cc(C(F)(F)F)c(C#N)c2=O)c(C)c1. The van der Waals surface area contributed by atoms with Crippen molar-refractivity contribution < 1.29 is 22.7 Å². The number of nitrogens with one attached hydrogen (secondary N) is 1. The minimum absolute atomic E-state index is 0.00838. The summed E-state index contributed by atoms with van der Waals surface area (Å²) in [5.74, 6) is 0.476. The molecule has 232 valence electrons. The van der Waals surface area contributed by atoms with E-state index in [1.165, 1.54) is 10.6 Å². The van der Waals surface area contributed by atoms with Crippen LogP contribution in [0.3, 0.4) is 0 Å². The summed E-state index contributed by atoms with van der Waals surface area (Å²) < 4.78 is 49.1. The van der Waals surface area contributed by atoms with Gasteiger partial charge in [-0.1, -0.05) is 60.2 Å². The number of pyridine rings is 1. The Morgan fingerprint density at radius 2 is 1.63 bits per heavy atom. The number of nitriles is 1. The Labute approximate surface area is 264 Å². The number of nitrogens with zero attached hydrogens (tertiary/aromatic N) is 2. The lowest BCUT2D eigenvalue weighted by Gasteiger charge is -2.19. The van der Waals surface area contributed by atoms with E-state index in [1.807, 2.05) is 69.3 Å². The molecule has 5 rings (SSSR count). The highest BCUT2D eigenvalue weighted by Crippen LogP contribution is 2.35. The van der Waals surface area contributed by atoms with Crippen LogP contribution in [0.25, 0.3) is 11.3 Å². The fourth-order valence-electron chi connectivity index (χ4n) is 5.20. The van der Waals surface area contributed by atoms with Crippen LogP contribution in [0.1, 0.15) is 56.7 Å². The smallest absolute Gasteiger partial charge is 0.417 e. The zero-order valence-corrected chi connectivity index (χ0v) is 25.4. The van der Waals surface area contributed by atoms with Gasteiger partial charge in [-0.25, -0.2) is 0 Å². The van der Waals surface area contributed by atoms with Crippen molar-refractivity contribution in [3.8, 4) is 28.8 Å². The van der Waals surface area contributed by atoms with E-state index in [1.54, 1.807) is 48.5 Å². The zero-order valence-electron chi connectivity index (χ0n) is 25.4. The minimum atomic E-state index is -4.91. The molecule has 5 aromatic rings. The molecule has 0 saturated carbocycles. The lowest BCUT2D eigenvalue weighted by atomic mass is 10.0. The Kier molecular flexibility index (Phi) is 9.10. The number of ether oxygens (including phenoxy) is 1. The fraction of sp³-hybridized carbons (Fsp3) is 0.162. The van der Waals surface area contributed by atoms with Crippen molar-refractivity contribution in [3.05, 3.63) is 152 Å². The van der Waals surface area contributed by atoms with E-state index >= 15 is 0 Å². The molecule has 1 heterocycles. The minimum Gasteiger partial charge on any atom is -0.457 e. The summed E-state index contributed by atoms with van der Waals surface area (Å²) in [4.78, 5) is 26.3. The van der Waals surface area contributed by atoms with Gasteiger partial charge in [0, 0.05) is 5.56 Å². The van der Waals surface area contributed by atoms with Gasteiger partial charge in [0.2, 0.25) is 0 Å². The molecule has 6 nitrogen and oxygen atoms in total. The van der Waals surface area contributed by atoms with Crippen molar-refractivity contribution in [1.29, 1.82) is 5.26 Å². The van der Waals surface area contributed by atoms with Crippen LogP contribution < -0.4 is 15.6 Å². The van der Waals surface area contributed by atoms with Gasteiger partial charge >= 0.3 is 6.18 Å². The molecule has 1 N–H and O–H groups in total. The Bertz CT molecular complexity index is 1990. The Morgan fingerprint density at radius 1 is 0.913 bits per heavy atom. The second-order valence-corrected chi connectivity index (χ2v) is 11.0. The van der Waals surface area contributed by atoms with Gasteiger partial charge in [-0.2, -0.15) is 18.4 Å². The fourth-order valence-corrected chi connectivity index (χ4v) is 5.20. The number of alkyl halides is 3. The lowest BCUT2D eigenvalue weighted by Crippen LogP contribution is -2.29. The number of carbonyl (C=O) groups excluding carboxylic acids is 1. The van der Waals surface area contributed by atoms with E-state index in [4.69, 9.17) is 4.74 Å². The molecule has 0 aliphatic heterocycles. The van der Waals surface area contributed by atoms with Crippen molar-refractivity contribution in [3.63, 3.8) is 0 Å². The summed E-state index contributed by atoms with van der Waals surface area (Å²) in [6.45, 7) is 5.64. The van der Waals surface area contributed by atoms with Gasteiger partial charge < -0.3 is 14.6 Å². The predicted octanol–water partition coefficient (Wildman–Crippen LogP) is 8.35. The third-order valence-corrected chi connectivity index (χ3v) is 7.67. The van der Waals surface area contributed by atoms with Crippen LogP contribution in [0.4, 0.5) is 13.2 Å². The molecule has 0 saturated heterocycles. The summed E-state index contributed by atoms with van der Waals surface area (Å²) in [5.41, 5.74) is 1.03. The van der Waals surface area contributed by atoms with E-state index in [2.05, 4.69) is 5.32 Å². The molecule has 0 unspecified atom stereocenters. The highest BCUT2D eigenvalue weighted by atomic mass is 19.4. The maximum absolute atomic E-state index is 14.0. The summed E-state index contributed by atoms with van der Waals surface area (Å²) in [6, 6.07) is 30.1. The van der Waals surface area contributed by atoms with E-state index in [9.17, 15) is 28.0 Å². The number of carbonyl (C=O) groups is 1. The van der Waals surface area contributed by atoms with Crippen molar-refractivity contribution in [2.24, 2.45) is 0 Å². The maximum atomic E-state index is 14.0. The summed E-state index contributed by atoms with van der Waals surface area (Å²) in [5, 5.41) is 12.5. The first kappa shape index (κ1) is 31.8. The molecule has 0 aliphatic carbocycles. The number of rotatable bonds is 8. The summed E-state index contributed by atoms with van der Waals surface area (Å²) in [7, 11) is 0. The molecule has 1 amide bonds. The number of halogens is 3. The molecular formula is C37H30F3N3O3. The lowest BCUT2D eigenvalue weighted by molar-refractivity contribution is -0.137. The van der Waals surface area contributed by atoms with Gasteiger partial charge in [0.25, 0.3) is 11.5 Å². The zero-order chi connectivity index (χ0) is 33.0. The van der Waals surface area contributed by atoms with Crippen LogP contribution in [0, 0.1) is 25.2 Å². The van der Waals surface area contributed by atoms with Crippen LogP contribution in [0.5, 0.6) is 11.5 Å². The quantitative estimate of drug-likeness (QED) is 0.189. The van der Waals surface area contributed by atoms with Crippen LogP contribution in [0.15, 0.2) is 108 Å². The third kappa shape index (κ3) is 7.02. The van der Waals surface area contributed by atoms with Gasteiger partial charge in [0.1, 0.15) is 23.1 Å². The Balaban J connectivity index is 1.44. The normalized spacial score (nSPS) is 11.8. The van der Waals surface area contributed by atoms with E-state index < -0.39 is 22.9 Å². The molecule has 0 radical (unpaired) electrons. The van der Waals surface area contributed by atoms with Crippen LogP contribution in [-0.2, 0) is 12.7 Å². The second kappa shape index (κ2) is 13.2. The van der Waals surface area contributed by atoms with Crippen LogP contribution >= 0.6 is 0 Å². The number of hydrogen-bond acceptors (Lipinski definition) is 4.